The number of sulfone groups is 1. The minimum absolute atomic E-state index is 0.00961. The van der Waals surface area contributed by atoms with Gasteiger partial charge >= 0.3 is 0 Å². The van der Waals surface area contributed by atoms with E-state index in [-0.39, 0.29) is 23.5 Å². The van der Waals surface area contributed by atoms with Crippen LogP contribution in [0.25, 0.3) is 0 Å². The summed E-state index contributed by atoms with van der Waals surface area (Å²) in [5.41, 5.74) is 1.35. The highest BCUT2D eigenvalue weighted by Gasteiger charge is 2.35. The van der Waals surface area contributed by atoms with Gasteiger partial charge in [-0.15, -0.1) is 0 Å². The van der Waals surface area contributed by atoms with Crippen molar-refractivity contribution < 1.29 is 17.9 Å². The molecule has 1 unspecified atom stereocenters. The van der Waals surface area contributed by atoms with Crippen LogP contribution in [0.1, 0.15) is 35.7 Å². The summed E-state index contributed by atoms with van der Waals surface area (Å²) in [5.74, 6) is 0.403. The lowest BCUT2D eigenvalue weighted by molar-refractivity contribution is 0.0676. The summed E-state index contributed by atoms with van der Waals surface area (Å²) >= 11 is 5.96. The number of hydrogen-bond acceptors (Lipinski definition) is 4. The molecule has 7 heteroatoms. The van der Waals surface area contributed by atoms with Gasteiger partial charge in [-0.05, 0) is 42.7 Å². The van der Waals surface area contributed by atoms with Crippen molar-refractivity contribution in [2.75, 3.05) is 18.1 Å². The molecule has 1 atom stereocenters. The molecule has 1 saturated heterocycles. The van der Waals surface area contributed by atoms with Gasteiger partial charge in [0.15, 0.2) is 9.84 Å². The van der Waals surface area contributed by atoms with Gasteiger partial charge in [0.2, 0.25) is 0 Å². The van der Waals surface area contributed by atoms with Crippen molar-refractivity contribution in [2.45, 2.75) is 32.4 Å². The summed E-state index contributed by atoms with van der Waals surface area (Å²) in [7, 11) is -3.13. The highest BCUT2D eigenvalue weighted by atomic mass is 35.5. The molecule has 0 spiro atoms. The predicted molar refractivity (Wildman–Crippen MR) is 111 cm³/mol. The summed E-state index contributed by atoms with van der Waals surface area (Å²) in [5, 5.41) is 0.614. The van der Waals surface area contributed by atoms with E-state index in [0.717, 1.165) is 12.0 Å². The number of para-hydroxylation sites is 1. The zero-order chi connectivity index (χ0) is 20.1. The first-order chi connectivity index (χ1) is 13.4. The van der Waals surface area contributed by atoms with Crippen LogP contribution in [0.2, 0.25) is 5.02 Å². The Hall–Kier alpha value is -2.05. The minimum Gasteiger partial charge on any atom is -0.493 e. The Morgan fingerprint density at radius 1 is 1.18 bits per heavy atom. The van der Waals surface area contributed by atoms with Crippen LogP contribution in [0.15, 0.2) is 48.5 Å². The van der Waals surface area contributed by atoms with Crippen molar-refractivity contribution in [2.24, 2.45) is 0 Å². The van der Waals surface area contributed by atoms with Crippen molar-refractivity contribution in [3.63, 3.8) is 0 Å². The molecule has 0 N–H and O–H groups in total. The third kappa shape index (κ3) is 5.06. The van der Waals surface area contributed by atoms with Crippen LogP contribution < -0.4 is 4.74 Å². The van der Waals surface area contributed by atoms with Crippen LogP contribution in [0.5, 0.6) is 5.75 Å². The molecule has 5 nitrogen and oxygen atoms in total. The fourth-order valence-electron chi connectivity index (χ4n) is 3.31. The van der Waals surface area contributed by atoms with Crippen molar-refractivity contribution in [1.29, 1.82) is 0 Å². The number of carbonyl (C=O) groups excluding carboxylic acids is 1. The molecule has 1 amide bonds. The van der Waals surface area contributed by atoms with E-state index in [1.165, 1.54) is 0 Å². The Morgan fingerprint density at radius 3 is 2.54 bits per heavy atom. The van der Waals surface area contributed by atoms with Gasteiger partial charge in [0.25, 0.3) is 5.91 Å². The molecule has 0 radical (unpaired) electrons. The maximum absolute atomic E-state index is 13.4. The monoisotopic (exact) mass is 421 g/mol. The van der Waals surface area contributed by atoms with E-state index in [1.807, 2.05) is 25.1 Å². The highest BCUT2D eigenvalue weighted by molar-refractivity contribution is 7.91. The third-order valence-corrected chi connectivity index (χ3v) is 6.76. The Balaban J connectivity index is 1.92. The normalized spacial score (nSPS) is 18.0. The Labute approximate surface area is 171 Å². The smallest absolute Gasteiger partial charge is 0.258 e. The fourth-order valence-corrected chi connectivity index (χ4v) is 5.17. The van der Waals surface area contributed by atoms with Gasteiger partial charge < -0.3 is 9.64 Å². The average Bonchev–Trinajstić information content (AvgIpc) is 3.05. The van der Waals surface area contributed by atoms with E-state index in [9.17, 15) is 13.2 Å². The van der Waals surface area contributed by atoms with E-state index >= 15 is 0 Å². The Morgan fingerprint density at radius 2 is 1.89 bits per heavy atom. The van der Waals surface area contributed by atoms with Crippen LogP contribution in [0.3, 0.4) is 0 Å². The van der Waals surface area contributed by atoms with Crippen molar-refractivity contribution >= 4 is 27.3 Å². The van der Waals surface area contributed by atoms with Crippen molar-refractivity contribution in [3.05, 3.63) is 64.7 Å². The summed E-state index contributed by atoms with van der Waals surface area (Å²) < 4.78 is 29.8. The zero-order valence-corrected chi connectivity index (χ0v) is 17.4. The number of benzene rings is 2. The fraction of sp³-hybridized carbons (Fsp3) is 0.381. The average molecular weight is 422 g/mol. The highest BCUT2D eigenvalue weighted by Crippen LogP contribution is 2.26. The molecule has 1 heterocycles. The van der Waals surface area contributed by atoms with E-state index < -0.39 is 9.84 Å². The van der Waals surface area contributed by atoms with Crippen LogP contribution in [0, 0.1) is 0 Å². The molecule has 0 saturated carbocycles. The van der Waals surface area contributed by atoms with Crippen molar-refractivity contribution in [1.82, 2.24) is 4.90 Å². The number of carbonyl (C=O) groups is 1. The number of hydrogen-bond donors (Lipinski definition) is 0. The van der Waals surface area contributed by atoms with Crippen LogP contribution in [-0.4, -0.2) is 43.4 Å². The standard InChI is InChI=1S/C21H24ClNO4S/c1-2-12-27-20-6-4-3-5-19(20)21(24)23(18-11-13-28(25,26)15-18)14-16-7-9-17(22)10-8-16/h3-10,18H,2,11-15H2,1H3. The Bertz CT molecular complexity index is 928. The molecule has 28 heavy (non-hydrogen) atoms. The second-order valence-corrected chi connectivity index (χ2v) is 9.63. The van der Waals surface area contributed by atoms with Gasteiger partial charge in [0.05, 0.1) is 23.7 Å². The van der Waals surface area contributed by atoms with E-state index in [2.05, 4.69) is 0 Å². The van der Waals surface area contributed by atoms with Crippen LogP contribution in [0.4, 0.5) is 0 Å². The molecule has 2 aromatic rings. The van der Waals surface area contributed by atoms with E-state index in [1.54, 1.807) is 35.2 Å². The topological polar surface area (TPSA) is 63.7 Å². The molecule has 1 aliphatic heterocycles. The molecule has 0 aromatic heterocycles. The lowest BCUT2D eigenvalue weighted by Crippen LogP contribution is -2.40. The van der Waals surface area contributed by atoms with Gasteiger partial charge in [-0.2, -0.15) is 0 Å². The largest absolute Gasteiger partial charge is 0.493 e. The maximum Gasteiger partial charge on any atom is 0.258 e. The number of amides is 1. The van der Waals surface area contributed by atoms with Gasteiger partial charge in [0, 0.05) is 17.6 Å². The van der Waals surface area contributed by atoms with Gasteiger partial charge in [-0.1, -0.05) is 42.8 Å². The molecular weight excluding hydrogens is 398 g/mol. The first kappa shape index (κ1) is 20.7. The summed E-state index contributed by atoms with van der Waals surface area (Å²) in [4.78, 5) is 15.1. The molecule has 150 valence electrons. The number of rotatable bonds is 7. The quantitative estimate of drug-likeness (QED) is 0.678. The van der Waals surface area contributed by atoms with Gasteiger partial charge in [0.1, 0.15) is 5.75 Å². The van der Waals surface area contributed by atoms with Crippen molar-refractivity contribution in [3.8, 4) is 5.75 Å². The third-order valence-electron chi connectivity index (χ3n) is 4.76. The second-order valence-electron chi connectivity index (χ2n) is 6.96. The maximum atomic E-state index is 13.4. The van der Waals surface area contributed by atoms with Gasteiger partial charge in [-0.3, -0.25) is 4.79 Å². The molecule has 1 fully saturated rings. The van der Waals surface area contributed by atoms with Gasteiger partial charge in [-0.25, -0.2) is 8.42 Å². The lowest BCUT2D eigenvalue weighted by Gasteiger charge is -2.29. The first-order valence-electron chi connectivity index (χ1n) is 9.37. The second kappa shape index (κ2) is 8.97. The van der Waals surface area contributed by atoms with Crippen LogP contribution in [-0.2, 0) is 16.4 Å². The summed E-state index contributed by atoms with van der Waals surface area (Å²) in [6.07, 6.45) is 1.28. The minimum atomic E-state index is -3.13. The van der Waals surface area contributed by atoms with E-state index in [4.69, 9.17) is 16.3 Å². The molecule has 2 aromatic carbocycles. The SMILES string of the molecule is CCCOc1ccccc1C(=O)N(Cc1ccc(Cl)cc1)C1CCS(=O)(=O)C1. The first-order valence-corrected chi connectivity index (χ1v) is 11.6. The Kier molecular flexibility index (Phi) is 6.62. The van der Waals surface area contributed by atoms with E-state index in [0.29, 0.717) is 35.9 Å². The molecule has 0 bridgehead atoms. The number of nitrogens with zero attached hydrogens (tertiary/aromatic N) is 1. The van der Waals surface area contributed by atoms with Crippen LogP contribution >= 0.6 is 11.6 Å². The lowest BCUT2D eigenvalue weighted by atomic mass is 10.1. The molecule has 1 aliphatic rings. The molecule has 0 aliphatic carbocycles. The molecule has 3 rings (SSSR count). The molecular formula is C21H24ClNO4S. The zero-order valence-electron chi connectivity index (χ0n) is 15.8. The summed E-state index contributed by atoms with van der Waals surface area (Å²) in [6.45, 7) is 2.83. The summed E-state index contributed by atoms with van der Waals surface area (Å²) in [6, 6.07) is 14.0. The predicted octanol–water partition coefficient (Wildman–Crippen LogP) is 3.96. The number of halogens is 1. The number of ether oxygens (including phenoxy) is 1.